The highest BCUT2D eigenvalue weighted by Crippen LogP contribution is 2.36. The van der Waals surface area contributed by atoms with Crippen LogP contribution in [0.5, 0.6) is 5.75 Å². The molecule has 3 aromatic rings. The second-order valence-corrected chi connectivity index (χ2v) is 7.78. The Morgan fingerprint density at radius 3 is 2.72 bits per heavy atom. The van der Waals surface area contributed by atoms with Crippen LogP contribution < -0.4 is 10.3 Å². The van der Waals surface area contributed by atoms with Gasteiger partial charge >= 0.3 is 5.69 Å². The highest BCUT2D eigenvalue weighted by Gasteiger charge is 2.21. The summed E-state index contributed by atoms with van der Waals surface area (Å²) < 4.78 is 7.34. The van der Waals surface area contributed by atoms with Gasteiger partial charge in [0.1, 0.15) is 5.82 Å². The van der Waals surface area contributed by atoms with Crippen LogP contribution in [0.15, 0.2) is 44.7 Å². The van der Waals surface area contributed by atoms with Crippen molar-refractivity contribution in [2.24, 2.45) is 5.10 Å². The average molecular weight is 480 g/mol. The Morgan fingerprint density at radius 2 is 2.07 bits per heavy atom. The number of aromatic nitrogens is 2. The Kier molecular flexibility index (Phi) is 5.99. The van der Waals surface area contributed by atoms with E-state index in [1.54, 1.807) is 39.0 Å². The lowest BCUT2D eigenvalue weighted by molar-refractivity contribution is -0.386. The number of aryl methyl sites for hydroxylation is 1. The maximum atomic E-state index is 12.8. The number of fused-ring (bicyclic) bond motifs is 1. The van der Waals surface area contributed by atoms with E-state index >= 15 is 0 Å². The maximum Gasteiger partial charge on any atom is 0.313 e. The van der Waals surface area contributed by atoms with Gasteiger partial charge in [-0.15, -0.1) is 0 Å². The molecule has 0 unspecified atom stereocenters. The fourth-order valence-corrected chi connectivity index (χ4v) is 3.31. The SMILES string of the molecule is Cc1nc2ccc(Br)cc2c(=O)n1N=Cc1cc(Cl)c(OC(C)C)c([N+](=O)[O-])c1. The van der Waals surface area contributed by atoms with Gasteiger partial charge in [0, 0.05) is 16.1 Å². The Bertz CT molecular complexity index is 1210. The quantitative estimate of drug-likeness (QED) is 0.300. The fourth-order valence-electron chi connectivity index (χ4n) is 2.68. The van der Waals surface area contributed by atoms with Crippen LogP contribution in [-0.4, -0.2) is 26.9 Å². The summed E-state index contributed by atoms with van der Waals surface area (Å²) in [5, 5.41) is 16.1. The molecule has 0 N–H and O–H groups in total. The summed E-state index contributed by atoms with van der Waals surface area (Å²) in [4.78, 5) is 28.0. The Hall–Kier alpha value is -2.78. The van der Waals surface area contributed by atoms with Gasteiger partial charge < -0.3 is 4.74 Å². The van der Waals surface area contributed by atoms with E-state index in [0.717, 1.165) is 9.15 Å². The molecule has 29 heavy (non-hydrogen) atoms. The third kappa shape index (κ3) is 4.46. The lowest BCUT2D eigenvalue weighted by atomic mass is 10.2. The normalized spacial score (nSPS) is 11.5. The molecule has 1 heterocycles. The number of nitro groups is 1. The van der Waals surface area contributed by atoms with Gasteiger partial charge in [0.05, 0.1) is 33.2 Å². The maximum absolute atomic E-state index is 12.8. The van der Waals surface area contributed by atoms with Crippen molar-refractivity contribution in [3.05, 3.63) is 71.7 Å². The van der Waals surface area contributed by atoms with Crippen LogP contribution in [0.2, 0.25) is 5.02 Å². The monoisotopic (exact) mass is 478 g/mol. The largest absolute Gasteiger partial charge is 0.483 e. The van der Waals surface area contributed by atoms with Crippen LogP contribution in [-0.2, 0) is 0 Å². The molecule has 0 saturated carbocycles. The number of hydrogen-bond donors (Lipinski definition) is 0. The summed E-state index contributed by atoms with van der Waals surface area (Å²) in [6.07, 6.45) is 1.03. The van der Waals surface area contributed by atoms with E-state index in [1.165, 1.54) is 18.3 Å². The average Bonchev–Trinajstić information content (AvgIpc) is 2.63. The van der Waals surface area contributed by atoms with Crippen molar-refractivity contribution in [2.75, 3.05) is 0 Å². The first-order valence-electron chi connectivity index (χ1n) is 8.55. The topological polar surface area (TPSA) is 99.6 Å². The summed E-state index contributed by atoms with van der Waals surface area (Å²) >= 11 is 9.52. The van der Waals surface area contributed by atoms with Gasteiger partial charge in [0.2, 0.25) is 5.75 Å². The van der Waals surface area contributed by atoms with Gasteiger partial charge in [-0.05, 0) is 45.0 Å². The number of ether oxygens (including phenoxy) is 1. The molecule has 0 bridgehead atoms. The first-order valence-corrected chi connectivity index (χ1v) is 9.72. The zero-order chi connectivity index (χ0) is 21.3. The van der Waals surface area contributed by atoms with Crippen molar-refractivity contribution < 1.29 is 9.66 Å². The predicted molar refractivity (Wildman–Crippen MR) is 115 cm³/mol. The van der Waals surface area contributed by atoms with Crippen molar-refractivity contribution >= 4 is 50.3 Å². The molecule has 0 radical (unpaired) electrons. The van der Waals surface area contributed by atoms with Crippen LogP contribution in [0.3, 0.4) is 0 Å². The van der Waals surface area contributed by atoms with E-state index in [0.29, 0.717) is 22.3 Å². The van der Waals surface area contributed by atoms with Crippen molar-refractivity contribution in [3.8, 4) is 5.75 Å². The minimum atomic E-state index is -0.576. The molecule has 8 nitrogen and oxygen atoms in total. The highest BCUT2D eigenvalue weighted by molar-refractivity contribution is 9.10. The molecule has 150 valence electrons. The third-order valence-corrected chi connectivity index (χ3v) is 4.66. The minimum Gasteiger partial charge on any atom is -0.483 e. The molecule has 2 aromatic carbocycles. The summed E-state index contributed by atoms with van der Waals surface area (Å²) in [5.41, 5.74) is 0.261. The molecule has 0 aliphatic carbocycles. The molecule has 0 saturated heterocycles. The van der Waals surface area contributed by atoms with Gasteiger partial charge in [-0.3, -0.25) is 14.9 Å². The van der Waals surface area contributed by atoms with Crippen molar-refractivity contribution in [1.29, 1.82) is 0 Å². The molecule has 0 fully saturated rings. The molecule has 0 amide bonds. The van der Waals surface area contributed by atoms with Crippen LogP contribution >= 0.6 is 27.5 Å². The van der Waals surface area contributed by atoms with Crippen molar-refractivity contribution in [3.63, 3.8) is 0 Å². The molecule has 10 heteroatoms. The van der Waals surface area contributed by atoms with E-state index in [2.05, 4.69) is 26.0 Å². The number of halogens is 2. The zero-order valence-electron chi connectivity index (χ0n) is 15.7. The summed E-state index contributed by atoms with van der Waals surface area (Å²) in [6.45, 7) is 5.14. The van der Waals surface area contributed by atoms with Gasteiger partial charge in [-0.2, -0.15) is 9.78 Å². The summed E-state index contributed by atoms with van der Waals surface area (Å²) in [5.74, 6) is 0.371. The van der Waals surface area contributed by atoms with Crippen molar-refractivity contribution in [1.82, 2.24) is 9.66 Å². The van der Waals surface area contributed by atoms with E-state index < -0.39 is 4.92 Å². The van der Waals surface area contributed by atoms with Crippen LogP contribution in [0, 0.1) is 17.0 Å². The summed E-state index contributed by atoms with van der Waals surface area (Å²) in [7, 11) is 0. The number of rotatable bonds is 5. The first kappa shape index (κ1) is 20.9. The first-order chi connectivity index (χ1) is 13.7. The molecule has 0 spiro atoms. The molecular weight excluding hydrogens is 464 g/mol. The second-order valence-electron chi connectivity index (χ2n) is 6.46. The minimum absolute atomic E-state index is 0.00520. The number of hydrogen-bond acceptors (Lipinski definition) is 6. The fraction of sp³-hybridized carbons (Fsp3) is 0.211. The Labute approximate surface area is 179 Å². The molecule has 0 aliphatic heterocycles. The second kappa shape index (κ2) is 8.30. The van der Waals surface area contributed by atoms with Crippen molar-refractivity contribution in [2.45, 2.75) is 26.9 Å². The predicted octanol–water partition coefficient (Wildman–Crippen LogP) is 4.70. The van der Waals surface area contributed by atoms with Crippen LogP contribution in [0.1, 0.15) is 25.2 Å². The molecular formula is C19H16BrClN4O4. The van der Waals surface area contributed by atoms with Gasteiger partial charge in [0.15, 0.2) is 0 Å². The van der Waals surface area contributed by atoms with E-state index in [4.69, 9.17) is 16.3 Å². The van der Waals surface area contributed by atoms with Crippen LogP contribution in [0.25, 0.3) is 10.9 Å². The Morgan fingerprint density at radius 1 is 1.34 bits per heavy atom. The molecule has 0 atom stereocenters. The Balaban J connectivity index is 2.08. The number of nitro benzene ring substituents is 1. The van der Waals surface area contributed by atoms with E-state index in [-0.39, 0.29) is 28.1 Å². The molecule has 3 rings (SSSR count). The van der Waals surface area contributed by atoms with E-state index in [9.17, 15) is 14.9 Å². The van der Waals surface area contributed by atoms with Gasteiger partial charge in [-0.25, -0.2) is 4.98 Å². The lowest BCUT2D eigenvalue weighted by Gasteiger charge is -2.12. The number of nitrogens with zero attached hydrogens (tertiary/aromatic N) is 4. The van der Waals surface area contributed by atoms with Crippen LogP contribution in [0.4, 0.5) is 5.69 Å². The zero-order valence-corrected chi connectivity index (χ0v) is 18.1. The van der Waals surface area contributed by atoms with Gasteiger partial charge in [-0.1, -0.05) is 27.5 Å². The van der Waals surface area contributed by atoms with Gasteiger partial charge in [0.25, 0.3) is 5.56 Å². The number of benzene rings is 2. The standard InChI is InChI=1S/C19H16BrClN4O4/c1-10(2)29-18-15(21)6-12(7-17(18)25(27)28)9-22-24-11(3)23-16-5-4-13(20)8-14(16)19(24)26/h4-10H,1-3H3. The third-order valence-electron chi connectivity index (χ3n) is 3.89. The molecule has 1 aromatic heterocycles. The van der Waals surface area contributed by atoms with E-state index in [1.807, 2.05) is 0 Å². The summed E-state index contributed by atoms with van der Waals surface area (Å²) in [6, 6.07) is 7.97. The highest BCUT2D eigenvalue weighted by atomic mass is 79.9. The smallest absolute Gasteiger partial charge is 0.313 e. The lowest BCUT2D eigenvalue weighted by Crippen LogP contribution is -2.20. The molecule has 0 aliphatic rings.